The van der Waals surface area contributed by atoms with E-state index < -0.39 is 0 Å². The average molecular weight is 214 g/mol. The Morgan fingerprint density at radius 2 is 1.88 bits per heavy atom. The van der Waals surface area contributed by atoms with Crippen molar-refractivity contribution in [1.82, 2.24) is 0 Å². The fourth-order valence-corrected chi connectivity index (χ4v) is 2.38. The van der Waals surface area contributed by atoms with Gasteiger partial charge in [0.15, 0.2) is 0 Å². The maximum absolute atomic E-state index is 2.39. The summed E-state index contributed by atoms with van der Waals surface area (Å²) in [6, 6.07) is 7.00. The van der Waals surface area contributed by atoms with E-state index in [1.54, 1.807) is 5.57 Å². The fraction of sp³-hybridized carbons (Fsp3) is 0.500. The Morgan fingerprint density at radius 1 is 1.12 bits per heavy atom. The lowest BCUT2D eigenvalue weighted by Crippen LogP contribution is -1.95. The molecule has 1 aromatic rings. The molecule has 1 aliphatic rings. The third kappa shape index (κ3) is 2.37. The van der Waals surface area contributed by atoms with Gasteiger partial charge in [0, 0.05) is 0 Å². The third-order valence-electron chi connectivity index (χ3n) is 3.33. The summed E-state index contributed by atoms with van der Waals surface area (Å²) in [6.07, 6.45) is 4.75. The van der Waals surface area contributed by atoms with Crippen molar-refractivity contribution in [1.29, 1.82) is 0 Å². The monoisotopic (exact) mass is 214 g/mol. The molecule has 0 N–H and O–H groups in total. The summed E-state index contributed by atoms with van der Waals surface area (Å²) in [4.78, 5) is 0. The Kier molecular flexibility index (Phi) is 3.18. The van der Waals surface area contributed by atoms with Gasteiger partial charge in [-0.3, -0.25) is 0 Å². The molecule has 0 aliphatic heterocycles. The molecule has 1 aliphatic carbocycles. The van der Waals surface area contributed by atoms with Gasteiger partial charge in [0.05, 0.1) is 0 Å². The first-order chi connectivity index (χ1) is 7.56. The highest BCUT2D eigenvalue weighted by Gasteiger charge is 2.15. The molecule has 0 atom stereocenters. The van der Waals surface area contributed by atoms with Gasteiger partial charge in [-0.05, 0) is 41.4 Å². The van der Waals surface area contributed by atoms with Crippen LogP contribution in [-0.4, -0.2) is 0 Å². The Labute approximate surface area is 99.4 Å². The number of rotatable bonds is 3. The summed E-state index contributed by atoms with van der Waals surface area (Å²) >= 11 is 0. The lowest BCUT2D eigenvalue weighted by molar-refractivity contribution is 0.647. The lowest BCUT2D eigenvalue weighted by atomic mass is 9.98. The van der Waals surface area contributed by atoms with Gasteiger partial charge in [0.25, 0.3) is 0 Å². The van der Waals surface area contributed by atoms with Crippen molar-refractivity contribution in [3.8, 4) is 0 Å². The standard InChI is InChI=1S/C16H22/c1-11(2)7-13-5-6-14-9-15(12(3)4)10-16(14)8-13/h5-6,8,10-12H,7,9H2,1-4H3. The second-order valence-electron chi connectivity index (χ2n) is 5.68. The molecule has 16 heavy (non-hydrogen) atoms. The molecule has 0 radical (unpaired) electrons. The Bertz CT molecular complexity index is 408. The Morgan fingerprint density at radius 3 is 2.50 bits per heavy atom. The highest BCUT2D eigenvalue weighted by atomic mass is 14.2. The molecular formula is C16H22. The molecule has 0 amide bonds. The zero-order valence-electron chi connectivity index (χ0n) is 10.9. The van der Waals surface area contributed by atoms with Crippen LogP contribution in [0.15, 0.2) is 23.8 Å². The summed E-state index contributed by atoms with van der Waals surface area (Å²) in [7, 11) is 0. The minimum absolute atomic E-state index is 0.681. The highest BCUT2D eigenvalue weighted by Crippen LogP contribution is 2.30. The second-order valence-corrected chi connectivity index (χ2v) is 5.68. The van der Waals surface area contributed by atoms with Gasteiger partial charge >= 0.3 is 0 Å². The first-order valence-corrected chi connectivity index (χ1v) is 6.38. The molecular weight excluding hydrogens is 192 g/mol. The number of allylic oxidation sites excluding steroid dienone is 1. The maximum atomic E-state index is 2.39. The summed E-state index contributed by atoms with van der Waals surface area (Å²) in [5.74, 6) is 1.42. The molecule has 0 fully saturated rings. The van der Waals surface area contributed by atoms with Gasteiger partial charge in [-0.25, -0.2) is 0 Å². The van der Waals surface area contributed by atoms with E-state index in [9.17, 15) is 0 Å². The predicted molar refractivity (Wildman–Crippen MR) is 71.5 cm³/mol. The van der Waals surface area contributed by atoms with Crippen LogP contribution in [0.3, 0.4) is 0 Å². The van der Waals surface area contributed by atoms with Crippen molar-refractivity contribution >= 4 is 6.08 Å². The van der Waals surface area contributed by atoms with E-state index in [0.29, 0.717) is 5.92 Å². The zero-order chi connectivity index (χ0) is 11.7. The first-order valence-electron chi connectivity index (χ1n) is 6.38. The van der Waals surface area contributed by atoms with Gasteiger partial charge in [-0.1, -0.05) is 57.5 Å². The van der Waals surface area contributed by atoms with Gasteiger partial charge in [0.2, 0.25) is 0 Å². The Hall–Kier alpha value is -1.04. The fourth-order valence-electron chi connectivity index (χ4n) is 2.38. The van der Waals surface area contributed by atoms with Crippen LogP contribution < -0.4 is 0 Å². The second kappa shape index (κ2) is 4.45. The molecule has 0 aromatic heterocycles. The normalized spacial score (nSPS) is 14.5. The summed E-state index contributed by atoms with van der Waals surface area (Å²) in [6.45, 7) is 9.13. The van der Waals surface area contributed by atoms with E-state index in [2.05, 4.69) is 52.0 Å². The molecule has 0 unspecified atom stereocenters. The van der Waals surface area contributed by atoms with E-state index in [1.807, 2.05) is 0 Å². The smallest absolute Gasteiger partial charge is 0.00553 e. The van der Waals surface area contributed by atoms with Crippen LogP contribution in [-0.2, 0) is 12.8 Å². The minimum Gasteiger partial charge on any atom is -0.0626 e. The van der Waals surface area contributed by atoms with Gasteiger partial charge in [-0.2, -0.15) is 0 Å². The van der Waals surface area contributed by atoms with Crippen molar-refractivity contribution in [2.45, 2.75) is 40.5 Å². The van der Waals surface area contributed by atoms with Gasteiger partial charge in [-0.15, -0.1) is 0 Å². The van der Waals surface area contributed by atoms with E-state index >= 15 is 0 Å². The molecule has 1 aromatic carbocycles. The molecule has 2 rings (SSSR count). The quantitative estimate of drug-likeness (QED) is 0.696. The molecule has 0 heterocycles. The van der Waals surface area contributed by atoms with Crippen LogP contribution in [0.4, 0.5) is 0 Å². The van der Waals surface area contributed by atoms with E-state index in [0.717, 1.165) is 12.3 Å². The van der Waals surface area contributed by atoms with E-state index in [4.69, 9.17) is 0 Å². The van der Waals surface area contributed by atoms with Gasteiger partial charge < -0.3 is 0 Å². The predicted octanol–water partition coefficient (Wildman–Crippen LogP) is 4.48. The average Bonchev–Trinajstić information content (AvgIpc) is 2.59. The van der Waals surface area contributed by atoms with Crippen molar-refractivity contribution < 1.29 is 0 Å². The highest BCUT2D eigenvalue weighted by molar-refractivity contribution is 5.64. The summed E-state index contributed by atoms with van der Waals surface area (Å²) < 4.78 is 0. The molecule has 0 saturated heterocycles. The maximum Gasteiger partial charge on any atom is -0.00553 e. The van der Waals surface area contributed by atoms with Crippen molar-refractivity contribution in [3.63, 3.8) is 0 Å². The topological polar surface area (TPSA) is 0 Å². The Balaban J connectivity index is 2.23. The van der Waals surface area contributed by atoms with Gasteiger partial charge in [0.1, 0.15) is 0 Å². The van der Waals surface area contributed by atoms with Crippen LogP contribution in [0.2, 0.25) is 0 Å². The molecule has 0 heteroatoms. The van der Waals surface area contributed by atoms with E-state index in [-0.39, 0.29) is 0 Å². The molecule has 86 valence electrons. The third-order valence-corrected chi connectivity index (χ3v) is 3.33. The van der Waals surface area contributed by atoms with E-state index in [1.165, 1.54) is 23.1 Å². The van der Waals surface area contributed by atoms with Crippen LogP contribution in [0.5, 0.6) is 0 Å². The van der Waals surface area contributed by atoms with Crippen molar-refractivity contribution in [2.24, 2.45) is 11.8 Å². The van der Waals surface area contributed by atoms with Crippen molar-refractivity contribution in [3.05, 3.63) is 40.5 Å². The van der Waals surface area contributed by atoms with Crippen LogP contribution in [0, 0.1) is 11.8 Å². The number of hydrogen-bond donors (Lipinski definition) is 0. The van der Waals surface area contributed by atoms with Crippen LogP contribution in [0.25, 0.3) is 6.08 Å². The lowest BCUT2D eigenvalue weighted by Gasteiger charge is -2.07. The SMILES string of the molecule is CC(C)Cc1ccc2c(c1)C=C(C(C)C)C2. The largest absolute Gasteiger partial charge is 0.0626 e. The number of benzene rings is 1. The first kappa shape index (κ1) is 11.4. The molecule has 0 spiro atoms. The summed E-state index contributed by atoms with van der Waals surface area (Å²) in [5.41, 5.74) is 6.03. The number of hydrogen-bond acceptors (Lipinski definition) is 0. The zero-order valence-corrected chi connectivity index (χ0v) is 10.9. The number of fused-ring (bicyclic) bond motifs is 1. The molecule has 0 nitrogen and oxygen atoms in total. The molecule has 0 bridgehead atoms. The summed E-state index contributed by atoms with van der Waals surface area (Å²) in [5, 5.41) is 0. The molecule has 0 saturated carbocycles. The van der Waals surface area contributed by atoms with Crippen molar-refractivity contribution in [2.75, 3.05) is 0 Å². The van der Waals surface area contributed by atoms with Crippen LogP contribution >= 0.6 is 0 Å². The minimum atomic E-state index is 0.681. The van der Waals surface area contributed by atoms with Crippen LogP contribution in [0.1, 0.15) is 44.4 Å².